The number of carbonyl (C=O) groups excluding carboxylic acids is 4. The predicted molar refractivity (Wildman–Crippen MR) is 145 cm³/mol. The molecule has 2 amide bonds. The number of phenols is 2. The van der Waals surface area contributed by atoms with Crippen molar-refractivity contribution in [3.63, 3.8) is 0 Å². The molecule has 0 saturated carbocycles. The standard InChI is InChI=1S/C24H22N4O6S.2CH4/c1-11-17(21(31)23(25)33)19-13(5-3-7-15(19)29)27(11)9-35-10-28-12(2)18(22(32)24(26)34)20-14(28)6-4-8-16(20)30;;/h3-8,29-30H,9-10H2,1-2H3,(H2,25,33)(H2,26,34);2*1H4. The maximum atomic E-state index is 12.5. The average Bonchev–Trinajstić information content (AvgIpc) is 3.25. The topological polar surface area (TPSA) is 171 Å². The van der Waals surface area contributed by atoms with E-state index in [2.05, 4.69) is 0 Å². The van der Waals surface area contributed by atoms with Gasteiger partial charge in [-0.15, -0.1) is 11.8 Å². The Morgan fingerprint density at radius 3 is 1.41 bits per heavy atom. The molecule has 2 heterocycles. The lowest BCUT2D eigenvalue weighted by Crippen LogP contribution is -2.23. The van der Waals surface area contributed by atoms with Crippen LogP contribution in [0.25, 0.3) is 21.8 Å². The van der Waals surface area contributed by atoms with Gasteiger partial charge in [-0.05, 0) is 38.1 Å². The van der Waals surface area contributed by atoms with Crippen LogP contribution in [0.2, 0.25) is 0 Å². The molecule has 0 aliphatic carbocycles. The zero-order chi connectivity index (χ0) is 25.6. The zero-order valence-electron chi connectivity index (χ0n) is 18.9. The van der Waals surface area contributed by atoms with Crippen LogP contribution in [0, 0.1) is 13.8 Å². The van der Waals surface area contributed by atoms with Crippen molar-refractivity contribution in [2.24, 2.45) is 11.5 Å². The third-order valence-corrected chi connectivity index (χ3v) is 6.88. The molecular weight excluding hydrogens is 496 g/mol. The molecule has 0 saturated heterocycles. The van der Waals surface area contributed by atoms with Crippen LogP contribution in [0.4, 0.5) is 0 Å². The van der Waals surface area contributed by atoms with E-state index in [-0.39, 0.29) is 48.3 Å². The minimum absolute atomic E-state index is 0. The van der Waals surface area contributed by atoms with Gasteiger partial charge in [0.05, 0.1) is 44.7 Å². The van der Waals surface area contributed by atoms with Gasteiger partial charge in [0.25, 0.3) is 23.4 Å². The molecule has 11 heteroatoms. The lowest BCUT2D eigenvalue weighted by atomic mass is 10.1. The summed E-state index contributed by atoms with van der Waals surface area (Å²) in [4.78, 5) is 48.2. The normalized spacial score (nSPS) is 10.6. The highest BCUT2D eigenvalue weighted by molar-refractivity contribution is 7.97. The molecule has 4 rings (SSSR count). The highest BCUT2D eigenvalue weighted by Crippen LogP contribution is 2.36. The molecule has 0 unspecified atom stereocenters. The first-order valence-electron chi connectivity index (χ1n) is 10.4. The van der Waals surface area contributed by atoms with E-state index in [1.54, 1.807) is 47.2 Å². The van der Waals surface area contributed by atoms with Crippen molar-refractivity contribution in [1.29, 1.82) is 0 Å². The summed E-state index contributed by atoms with van der Waals surface area (Å²) in [5, 5.41) is 21.3. The molecule has 0 spiro atoms. The fraction of sp³-hybridized carbons (Fsp3) is 0.231. The number of Topliss-reactive ketones (excluding diaryl/α,β-unsaturated/α-hetero) is 2. The second-order valence-electron chi connectivity index (χ2n) is 7.97. The van der Waals surface area contributed by atoms with Crippen LogP contribution >= 0.6 is 11.8 Å². The number of nitrogens with two attached hydrogens (primary N) is 2. The van der Waals surface area contributed by atoms with Gasteiger partial charge in [-0.25, -0.2) is 0 Å². The molecule has 0 aliphatic heterocycles. The van der Waals surface area contributed by atoms with E-state index in [0.717, 1.165) is 0 Å². The number of rotatable bonds is 8. The Bertz CT molecular complexity index is 1450. The van der Waals surface area contributed by atoms with Crippen molar-refractivity contribution in [3.05, 3.63) is 58.9 Å². The van der Waals surface area contributed by atoms with Crippen molar-refractivity contribution in [3.8, 4) is 11.5 Å². The van der Waals surface area contributed by atoms with Crippen LogP contribution in [0.3, 0.4) is 0 Å². The minimum Gasteiger partial charge on any atom is -0.507 e. The van der Waals surface area contributed by atoms with E-state index >= 15 is 0 Å². The molecule has 196 valence electrons. The Morgan fingerprint density at radius 2 is 1.08 bits per heavy atom. The summed E-state index contributed by atoms with van der Waals surface area (Å²) in [5.74, 6) is -3.69. The number of thioether (sulfide) groups is 1. The molecule has 2 aromatic carbocycles. The van der Waals surface area contributed by atoms with E-state index in [1.165, 1.54) is 23.9 Å². The third kappa shape index (κ3) is 4.65. The monoisotopic (exact) mass is 526 g/mol. The summed E-state index contributed by atoms with van der Waals surface area (Å²) in [6.07, 6.45) is 0. The number of benzene rings is 2. The van der Waals surface area contributed by atoms with Gasteiger partial charge in [-0.2, -0.15) is 0 Å². The molecule has 4 aromatic rings. The number of aromatic nitrogens is 2. The van der Waals surface area contributed by atoms with Gasteiger partial charge >= 0.3 is 0 Å². The van der Waals surface area contributed by atoms with E-state index < -0.39 is 23.4 Å². The van der Waals surface area contributed by atoms with Crippen LogP contribution in [0.1, 0.15) is 47.0 Å². The van der Waals surface area contributed by atoms with E-state index in [4.69, 9.17) is 11.5 Å². The Hall–Kier alpha value is -4.25. The molecule has 0 aliphatic rings. The Morgan fingerprint density at radius 1 is 0.730 bits per heavy atom. The maximum absolute atomic E-state index is 12.5. The lowest BCUT2D eigenvalue weighted by Gasteiger charge is -2.12. The van der Waals surface area contributed by atoms with E-state index in [9.17, 15) is 29.4 Å². The number of aromatic hydroxyl groups is 2. The maximum Gasteiger partial charge on any atom is 0.289 e. The predicted octanol–water partition coefficient (Wildman–Crippen LogP) is 3.58. The fourth-order valence-electron chi connectivity index (χ4n) is 4.37. The van der Waals surface area contributed by atoms with Crippen molar-refractivity contribution < 1.29 is 29.4 Å². The zero-order valence-corrected chi connectivity index (χ0v) is 19.7. The van der Waals surface area contributed by atoms with Crippen molar-refractivity contribution in [2.45, 2.75) is 40.5 Å². The van der Waals surface area contributed by atoms with Gasteiger partial charge in [0, 0.05) is 11.4 Å². The van der Waals surface area contributed by atoms with Crippen molar-refractivity contribution in [2.75, 3.05) is 0 Å². The van der Waals surface area contributed by atoms with Gasteiger partial charge in [0.1, 0.15) is 11.5 Å². The molecule has 2 aromatic heterocycles. The first kappa shape index (κ1) is 29.0. The third-order valence-electron chi connectivity index (χ3n) is 6.00. The highest BCUT2D eigenvalue weighted by atomic mass is 32.2. The number of phenolic OH excluding ortho intramolecular Hbond substituents is 2. The number of nitrogens with zero attached hydrogens (tertiary/aromatic N) is 2. The summed E-state index contributed by atoms with van der Waals surface area (Å²) in [6.45, 7) is 3.32. The Balaban J connectivity index is 0.00000241. The van der Waals surface area contributed by atoms with Crippen LogP contribution in [0.15, 0.2) is 36.4 Å². The van der Waals surface area contributed by atoms with Gasteiger partial charge in [-0.1, -0.05) is 27.0 Å². The van der Waals surface area contributed by atoms with Crippen LogP contribution in [-0.4, -0.2) is 42.7 Å². The first-order valence-corrected chi connectivity index (χ1v) is 11.6. The smallest absolute Gasteiger partial charge is 0.289 e. The summed E-state index contributed by atoms with van der Waals surface area (Å²) >= 11 is 1.40. The molecule has 0 radical (unpaired) electrons. The van der Waals surface area contributed by atoms with Crippen molar-refractivity contribution in [1.82, 2.24) is 9.13 Å². The van der Waals surface area contributed by atoms with Crippen molar-refractivity contribution >= 4 is 56.9 Å². The molecule has 0 bridgehead atoms. The molecule has 0 atom stereocenters. The number of amides is 2. The summed E-state index contributed by atoms with van der Waals surface area (Å²) < 4.78 is 3.56. The molecule has 10 nitrogen and oxygen atoms in total. The largest absolute Gasteiger partial charge is 0.507 e. The lowest BCUT2D eigenvalue weighted by molar-refractivity contribution is -0.114. The Kier molecular flexibility index (Phi) is 8.45. The second-order valence-corrected chi connectivity index (χ2v) is 8.89. The molecule has 6 N–H and O–H groups in total. The molecular formula is C26H30N4O6S. The van der Waals surface area contributed by atoms with Gasteiger partial charge in [0.2, 0.25) is 0 Å². The highest BCUT2D eigenvalue weighted by Gasteiger charge is 2.27. The summed E-state index contributed by atoms with van der Waals surface area (Å²) in [6, 6.07) is 9.55. The average molecular weight is 527 g/mol. The minimum atomic E-state index is -1.12. The SMILES string of the molecule is C.C.Cc1c(C(=O)C(N)=O)c2c(O)cccc2n1CSCn1c(C)c(C(=O)C(N)=O)c2c(O)cccc21. The Labute approximate surface area is 217 Å². The van der Waals surface area contributed by atoms with Gasteiger partial charge < -0.3 is 30.8 Å². The van der Waals surface area contributed by atoms with E-state index in [1.807, 2.05) is 0 Å². The summed E-state index contributed by atoms with van der Waals surface area (Å²) in [7, 11) is 0. The number of carbonyl (C=O) groups is 4. The van der Waals surface area contributed by atoms with E-state index in [0.29, 0.717) is 34.2 Å². The number of ketones is 2. The quantitative estimate of drug-likeness (QED) is 0.201. The van der Waals surface area contributed by atoms with Gasteiger partial charge in [0.15, 0.2) is 0 Å². The number of fused-ring (bicyclic) bond motifs is 2. The fourth-order valence-corrected chi connectivity index (χ4v) is 5.48. The van der Waals surface area contributed by atoms with Gasteiger partial charge in [-0.3, -0.25) is 19.2 Å². The number of hydrogen-bond acceptors (Lipinski definition) is 7. The van der Waals surface area contributed by atoms with Crippen LogP contribution in [0.5, 0.6) is 11.5 Å². The second kappa shape index (κ2) is 10.8. The van der Waals surface area contributed by atoms with Crippen LogP contribution < -0.4 is 11.5 Å². The number of hydrogen-bond donors (Lipinski definition) is 4. The van der Waals surface area contributed by atoms with Crippen LogP contribution in [-0.2, 0) is 21.3 Å². The summed E-state index contributed by atoms with van der Waals surface area (Å²) in [5.41, 5.74) is 12.6. The number of primary amides is 2. The molecule has 0 fully saturated rings. The first-order chi connectivity index (χ1) is 16.6. The molecule has 37 heavy (non-hydrogen) atoms.